The van der Waals surface area contributed by atoms with Crippen LogP contribution in [0.1, 0.15) is 28.9 Å². The minimum atomic E-state index is -0.748. The Bertz CT molecular complexity index is 1570. The predicted molar refractivity (Wildman–Crippen MR) is 145 cm³/mol. The van der Waals surface area contributed by atoms with Crippen LogP contribution in [0.3, 0.4) is 0 Å². The number of rotatable bonds is 6. The number of aryl methyl sites for hydroxylation is 2. The zero-order valence-electron chi connectivity index (χ0n) is 20.9. The first kappa shape index (κ1) is 22.9. The molecule has 2 aliphatic heterocycles. The number of pyridine rings is 2. The van der Waals surface area contributed by atoms with Crippen molar-refractivity contribution in [2.24, 2.45) is 17.3 Å². The summed E-state index contributed by atoms with van der Waals surface area (Å²) in [5.74, 6) is 1.95. The lowest BCUT2D eigenvalue weighted by atomic mass is 10.0. The highest BCUT2D eigenvalue weighted by atomic mass is 32.1. The third-order valence-electron chi connectivity index (χ3n) is 9.13. The first-order valence-electron chi connectivity index (χ1n) is 12.8. The van der Waals surface area contributed by atoms with Gasteiger partial charge in [0.25, 0.3) is 0 Å². The molecule has 4 aromatic rings. The van der Waals surface area contributed by atoms with Gasteiger partial charge in [-0.25, -0.2) is 24.3 Å². The Hall–Kier alpha value is -2.99. The number of nitrogens with zero attached hydrogens (tertiary/aromatic N) is 6. The molecule has 8 rings (SSSR count). The number of aliphatic hydroxyl groups excluding tert-OH is 1. The molecular formula is C27H26FN7OS2. The number of anilines is 3. The molecule has 2 saturated carbocycles. The van der Waals surface area contributed by atoms with Gasteiger partial charge < -0.3 is 15.3 Å². The van der Waals surface area contributed by atoms with E-state index in [1.807, 2.05) is 31.4 Å². The summed E-state index contributed by atoms with van der Waals surface area (Å²) in [6.45, 7) is 6.44. The van der Waals surface area contributed by atoms with Gasteiger partial charge in [-0.15, -0.1) is 22.7 Å². The topological polar surface area (TPSA) is 90.3 Å². The quantitative estimate of drug-likeness (QED) is 0.357. The lowest BCUT2D eigenvalue weighted by Gasteiger charge is -2.42. The first-order chi connectivity index (χ1) is 18.4. The molecule has 2 aliphatic carbocycles. The van der Waals surface area contributed by atoms with Crippen molar-refractivity contribution < 1.29 is 9.50 Å². The molecular weight excluding hydrogens is 521 g/mol. The van der Waals surface area contributed by atoms with Gasteiger partial charge in [0, 0.05) is 53.9 Å². The first-order valence-corrected chi connectivity index (χ1v) is 14.5. The summed E-state index contributed by atoms with van der Waals surface area (Å²) in [5.41, 5.74) is 2.85. The van der Waals surface area contributed by atoms with E-state index in [0.717, 1.165) is 51.5 Å². The lowest BCUT2D eigenvalue weighted by molar-refractivity contribution is -0.0362. The summed E-state index contributed by atoms with van der Waals surface area (Å²) in [6.07, 6.45) is 3.71. The van der Waals surface area contributed by atoms with E-state index in [9.17, 15) is 9.50 Å². The van der Waals surface area contributed by atoms with Gasteiger partial charge in [-0.2, -0.15) is 0 Å². The number of halogens is 1. The third kappa shape index (κ3) is 3.07. The molecule has 2 N–H and O–H groups in total. The highest BCUT2D eigenvalue weighted by Crippen LogP contribution is 2.88. The molecule has 11 heteroatoms. The highest BCUT2D eigenvalue weighted by Gasteiger charge is 2.93. The molecule has 6 heterocycles. The van der Waals surface area contributed by atoms with Crippen molar-refractivity contribution in [3.05, 3.63) is 64.1 Å². The summed E-state index contributed by atoms with van der Waals surface area (Å²) in [5, 5.41) is 18.6. The maximum atomic E-state index is 14.5. The second-order valence-electron chi connectivity index (χ2n) is 11.0. The van der Waals surface area contributed by atoms with Gasteiger partial charge in [0.15, 0.2) is 16.8 Å². The summed E-state index contributed by atoms with van der Waals surface area (Å²) >= 11 is 3.18. The molecule has 0 aromatic carbocycles. The second kappa shape index (κ2) is 7.78. The van der Waals surface area contributed by atoms with Gasteiger partial charge in [-0.05, 0) is 56.4 Å². The van der Waals surface area contributed by atoms with E-state index in [0.29, 0.717) is 35.4 Å². The Morgan fingerprint density at radius 3 is 2.79 bits per heavy atom. The minimum Gasteiger partial charge on any atom is -0.374 e. The van der Waals surface area contributed by atoms with Gasteiger partial charge in [0.2, 0.25) is 0 Å². The molecule has 1 spiro atoms. The number of likely N-dealkylation sites (tertiary alicyclic amines) is 1. The molecule has 5 atom stereocenters. The third-order valence-corrected chi connectivity index (χ3v) is 11.0. The van der Waals surface area contributed by atoms with Crippen molar-refractivity contribution in [3.63, 3.8) is 0 Å². The summed E-state index contributed by atoms with van der Waals surface area (Å²) in [6, 6.07) is 6.92. The summed E-state index contributed by atoms with van der Waals surface area (Å²) < 4.78 is 14.5. The fourth-order valence-corrected chi connectivity index (χ4v) is 9.14. The molecule has 38 heavy (non-hydrogen) atoms. The Kier molecular flexibility index (Phi) is 4.70. The van der Waals surface area contributed by atoms with Crippen LogP contribution in [-0.4, -0.2) is 55.1 Å². The van der Waals surface area contributed by atoms with E-state index in [-0.39, 0.29) is 11.4 Å². The van der Waals surface area contributed by atoms with Crippen LogP contribution in [0.2, 0.25) is 0 Å². The van der Waals surface area contributed by atoms with Crippen LogP contribution in [-0.2, 0) is 0 Å². The van der Waals surface area contributed by atoms with E-state index >= 15 is 0 Å². The van der Waals surface area contributed by atoms with Crippen LogP contribution in [0.15, 0.2) is 42.0 Å². The minimum absolute atomic E-state index is 0.120. The zero-order valence-corrected chi connectivity index (χ0v) is 22.6. The fourth-order valence-electron chi connectivity index (χ4n) is 7.48. The number of nitrogens with one attached hydrogen (secondary N) is 1. The monoisotopic (exact) mass is 547 g/mol. The van der Waals surface area contributed by atoms with Crippen molar-refractivity contribution >= 4 is 39.4 Å². The van der Waals surface area contributed by atoms with Gasteiger partial charge in [-0.1, -0.05) is 0 Å². The Morgan fingerprint density at radius 2 is 2.03 bits per heavy atom. The molecule has 4 aliphatic rings. The van der Waals surface area contributed by atoms with Gasteiger partial charge in [0.1, 0.15) is 12.0 Å². The molecule has 0 amide bonds. The number of hydrogen-bond donors (Lipinski definition) is 2. The Balaban J connectivity index is 0.988. The molecule has 4 aromatic heterocycles. The number of fused-ring (bicyclic) bond motifs is 1. The Morgan fingerprint density at radius 1 is 1.16 bits per heavy atom. The average Bonchev–Trinajstić information content (AvgIpc) is 3.53. The van der Waals surface area contributed by atoms with Crippen molar-refractivity contribution in [2.75, 3.05) is 29.9 Å². The standard InChI is InChI=1S/C27H26FN7OS2/c1-14-22(38-15(2)31-14)20-11-37-25(32-20)33-21-6-5-16(8-30-21)24(36)35-10-18-17-9-34(13-26(35)12-27(17,18)26)23-19(28)4-3-7-29-23/h3-8,11,17-18,24,36H,9-10,12-13H2,1-2H3,(H,30,32,33)/t17-,18?,24?,26+,27?/m1/s1. The summed E-state index contributed by atoms with van der Waals surface area (Å²) in [4.78, 5) is 23.5. The average molecular weight is 548 g/mol. The maximum absolute atomic E-state index is 14.5. The largest absolute Gasteiger partial charge is 0.374 e. The number of piperidine rings is 3. The number of aliphatic hydroxyl groups is 1. The summed E-state index contributed by atoms with van der Waals surface area (Å²) in [7, 11) is 0. The molecule has 2 saturated heterocycles. The molecule has 4 fully saturated rings. The van der Waals surface area contributed by atoms with Crippen molar-refractivity contribution in [3.8, 4) is 10.6 Å². The molecule has 8 nitrogen and oxygen atoms in total. The van der Waals surface area contributed by atoms with E-state index < -0.39 is 6.23 Å². The Labute approximate surface area is 227 Å². The van der Waals surface area contributed by atoms with Crippen LogP contribution in [0.25, 0.3) is 10.6 Å². The van der Waals surface area contributed by atoms with Gasteiger partial charge in [-0.3, -0.25) is 4.90 Å². The van der Waals surface area contributed by atoms with E-state index in [1.54, 1.807) is 29.8 Å². The number of thiazole rings is 2. The van der Waals surface area contributed by atoms with Crippen molar-refractivity contribution in [2.45, 2.75) is 32.0 Å². The maximum Gasteiger partial charge on any atom is 0.188 e. The molecule has 0 bridgehead atoms. The van der Waals surface area contributed by atoms with Crippen LogP contribution >= 0.6 is 22.7 Å². The second-order valence-corrected chi connectivity index (χ2v) is 13.0. The highest BCUT2D eigenvalue weighted by molar-refractivity contribution is 7.16. The number of hydrogen-bond acceptors (Lipinski definition) is 10. The molecule has 0 radical (unpaired) electrons. The van der Waals surface area contributed by atoms with E-state index in [1.165, 1.54) is 17.4 Å². The number of aromatic nitrogens is 4. The normalized spacial score (nSPS) is 29.6. The SMILES string of the molecule is Cc1nc(C)c(-c2csc(Nc3ccc(C(O)N4CC5[C@H]6CN(c7ncccc7F)C[C@]47CC567)cn3)n2)s1. The van der Waals surface area contributed by atoms with Crippen LogP contribution in [0, 0.1) is 36.9 Å². The van der Waals surface area contributed by atoms with Gasteiger partial charge >= 0.3 is 0 Å². The predicted octanol–water partition coefficient (Wildman–Crippen LogP) is 4.76. The van der Waals surface area contributed by atoms with Crippen LogP contribution in [0.4, 0.5) is 21.2 Å². The van der Waals surface area contributed by atoms with Crippen LogP contribution < -0.4 is 10.2 Å². The van der Waals surface area contributed by atoms with Crippen LogP contribution in [0.5, 0.6) is 0 Å². The van der Waals surface area contributed by atoms with E-state index in [2.05, 4.69) is 30.1 Å². The molecule has 3 unspecified atom stereocenters. The van der Waals surface area contributed by atoms with E-state index in [4.69, 9.17) is 4.98 Å². The zero-order chi connectivity index (χ0) is 25.8. The van der Waals surface area contributed by atoms with Crippen molar-refractivity contribution in [1.29, 1.82) is 0 Å². The fraction of sp³-hybridized carbons (Fsp3) is 0.407. The molecule has 194 valence electrons. The smallest absolute Gasteiger partial charge is 0.188 e. The lowest BCUT2D eigenvalue weighted by Crippen LogP contribution is -2.52. The van der Waals surface area contributed by atoms with Crippen molar-refractivity contribution in [1.82, 2.24) is 24.8 Å². The van der Waals surface area contributed by atoms with Gasteiger partial charge in [0.05, 0.1) is 21.3 Å².